The number of nitrogens with zero attached hydrogens (tertiary/aromatic N) is 5. The fourth-order valence-corrected chi connectivity index (χ4v) is 4.60. The minimum Gasteiger partial charge on any atom is -0.354 e. The van der Waals surface area contributed by atoms with Crippen LogP contribution in [0.4, 0.5) is 5.82 Å². The van der Waals surface area contributed by atoms with Gasteiger partial charge in [-0.25, -0.2) is 4.98 Å². The van der Waals surface area contributed by atoms with Crippen LogP contribution >= 0.6 is 0 Å². The molecular formula is C20H25N5O2. The summed E-state index contributed by atoms with van der Waals surface area (Å²) in [7, 11) is 0. The molecule has 2 saturated heterocycles. The Hall–Kier alpha value is -2.46. The number of rotatable bonds is 3. The summed E-state index contributed by atoms with van der Waals surface area (Å²) in [6.07, 6.45) is 7.07. The maximum absolute atomic E-state index is 13.0. The number of hydrogen-bond donors (Lipinski definition) is 0. The van der Waals surface area contributed by atoms with Gasteiger partial charge < -0.3 is 4.90 Å². The van der Waals surface area contributed by atoms with E-state index in [-0.39, 0.29) is 11.8 Å². The zero-order valence-corrected chi connectivity index (χ0v) is 15.6. The van der Waals surface area contributed by atoms with Crippen molar-refractivity contribution in [3.8, 4) is 6.07 Å². The second-order valence-electron chi connectivity index (χ2n) is 7.91. The summed E-state index contributed by atoms with van der Waals surface area (Å²) in [4.78, 5) is 35.6. The van der Waals surface area contributed by atoms with Crippen molar-refractivity contribution in [2.24, 2.45) is 5.41 Å². The van der Waals surface area contributed by atoms with Crippen LogP contribution in [0.15, 0.2) is 18.3 Å². The monoisotopic (exact) mass is 367 g/mol. The summed E-state index contributed by atoms with van der Waals surface area (Å²) in [5.74, 6) is 0.855. The van der Waals surface area contributed by atoms with Crippen LogP contribution in [0.1, 0.15) is 44.1 Å². The number of imide groups is 1. The minimum atomic E-state index is -0.404. The Balaban J connectivity index is 1.36. The van der Waals surface area contributed by atoms with E-state index in [1.807, 2.05) is 0 Å². The Morgan fingerprint density at radius 2 is 1.85 bits per heavy atom. The Morgan fingerprint density at radius 1 is 1.11 bits per heavy atom. The van der Waals surface area contributed by atoms with E-state index in [0.29, 0.717) is 18.7 Å². The van der Waals surface area contributed by atoms with Gasteiger partial charge in [-0.3, -0.25) is 19.4 Å². The third kappa shape index (κ3) is 3.42. The van der Waals surface area contributed by atoms with Crippen LogP contribution in [-0.4, -0.2) is 59.4 Å². The Kier molecular flexibility index (Phi) is 4.83. The molecule has 3 fully saturated rings. The normalized spacial score (nSPS) is 23.1. The predicted octanol–water partition coefficient (Wildman–Crippen LogP) is 1.74. The highest BCUT2D eigenvalue weighted by atomic mass is 16.2. The van der Waals surface area contributed by atoms with Crippen LogP contribution in [0.3, 0.4) is 0 Å². The Morgan fingerprint density at radius 3 is 2.56 bits per heavy atom. The number of carbonyl (C=O) groups excluding carboxylic acids is 2. The Labute approximate surface area is 159 Å². The van der Waals surface area contributed by atoms with Gasteiger partial charge in [-0.15, -0.1) is 0 Å². The number of hydrogen-bond acceptors (Lipinski definition) is 6. The van der Waals surface area contributed by atoms with Crippen molar-refractivity contribution < 1.29 is 9.59 Å². The van der Waals surface area contributed by atoms with Gasteiger partial charge in [0.15, 0.2) is 0 Å². The number of piperazine rings is 1. The average Bonchev–Trinajstić information content (AvgIpc) is 2.93. The Bertz CT molecular complexity index is 773. The van der Waals surface area contributed by atoms with Gasteiger partial charge >= 0.3 is 0 Å². The van der Waals surface area contributed by atoms with E-state index in [4.69, 9.17) is 5.26 Å². The lowest BCUT2D eigenvalue weighted by Gasteiger charge is -2.37. The lowest BCUT2D eigenvalue weighted by Crippen LogP contribution is -2.52. The third-order valence-corrected chi connectivity index (χ3v) is 6.21. The van der Waals surface area contributed by atoms with Gasteiger partial charge in [0, 0.05) is 38.8 Å². The van der Waals surface area contributed by atoms with Crippen molar-refractivity contribution in [1.82, 2.24) is 14.8 Å². The molecule has 2 aliphatic heterocycles. The quantitative estimate of drug-likeness (QED) is 0.757. The standard InChI is InChI=1S/C20H25N5O2/c21-14-16-4-7-22-17(12-16)24-10-8-23(9-11-24)15-25-18(26)13-20(19(25)27)5-2-1-3-6-20/h4,7,12H,1-3,5-6,8-11,13,15H2. The number of amides is 2. The zero-order chi connectivity index (χ0) is 18.9. The molecule has 1 saturated carbocycles. The predicted molar refractivity (Wildman–Crippen MR) is 99.6 cm³/mol. The molecule has 7 nitrogen and oxygen atoms in total. The molecule has 7 heteroatoms. The van der Waals surface area contributed by atoms with Gasteiger partial charge in [0.1, 0.15) is 5.82 Å². The highest BCUT2D eigenvalue weighted by Gasteiger charge is 2.51. The molecule has 142 valence electrons. The van der Waals surface area contributed by atoms with Gasteiger partial charge in [0.05, 0.1) is 23.7 Å². The molecule has 0 bridgehead atoms. The van der Waals surface area contributed by atoms with E-state index >= 15 is 0 Å². The largest absolute Gasteiger partial charge is 0.354 e. The van der Waals surface area contributed by atoms with Gasteiger partial charge in [0.25, 0.3) is 0 Å². The fraction of sp³-hybridized carbons (Fsp3) is 0.600. The van der Waals surface area contributed by atoms with Crippen molar-refractivity contribution in [2.45, 2.75) is 38.5 Å². The first kappa shape index (κ1) is 17.9. The van der Waals surface area contributed by atoms with Crippen LogP contribution in [0.25, 0.3) is 0 Å². The zero-order valence-electron chi connectivity index (χ0n) is 15.6. The molecule has 0 radical (unpaired) electrons. The molecule has 1 aromatic rings. The van der Waals surface area contributed by atoms with Gasteiger partial charge in [0.2, 0.25) is 11.8 Å². The topological polar surface area (TPSA) is 80.5 Å². The molecular weight excluding hydrogens is 342 g/mol. The second kappa shape index (κ2) is 7.28. The van der Waals surface area contributed by atoms with Crippen LogP contribution in [0.5, 0.6) is 0 Å². The van der Waals surface area contributed by atoms with E-state index in [2.05, 4.69) is 20.9 Å². The molecule has 27 heavy (non-hydrogen) atoms. The number of pyridine rings is 1. The molecule has 4 rings (SSSR count). The highest BCUT2D eigenvalue weighted by Crippen LogP contribution is 2.45. The van der Waals surface area contributed by atoms with Gasteiger partial charge in [-0.2, -0.15) is 5.26 Å². The lowest BCUT2D eigenvalue weighted by atomic mass is 9.73. The molecule has 3 heterocycles. The summed E-state index contributed by atoms with van der Waals surface area (Å²) < 4.78 is 0. The minimum absolute atomic E-state index is 0.00674. The summed E-state index contributed by atoms with van der Waals surface area (Å²) in [5, 5.41) is 9.04. The summed E-state index contributed by atoms with van der Waals surface area (Å²) in [6, 6.07) is 5.64. The van der Waals surface area contributed by atoms with E-state index in [9.17, 15) is 9.59 Å². The average molecular weight is 367 g/mol. The summed E-state index contributed by atoms with van der Waals surface area (Å²) in [6.45, 7) is 3.47. The van der Waals surface area contributed by atoms with Crippen LogP contribution < -0.4 is 4.90 Å². The van der Waals surface area contributed by atoms with Gasteiger partial charge in [-0.05, 0) is 25.0 Å². The van der Waals surface area contributed by atoms with Crippen molar-refractivity contribution in [3.63, 3.8) is 0 Å². The van der Waals surface area contributed by atoms with Gasteiger partial charge in [-0.1, -0.05) is 19.3 Å². The summed E-state index contributed by atoms with van der Waals surface area (Å²) >= 11 is 0. The molecule has 1 spiro atoms. The first-order valence-electron chi connectivity index (χ1n) is 9.80. The highest BCUT2D eigenvalue weighted by molar-refractivity contribution is 6.05. The number of aromatic nitrogens is 1. The molecule has 0 N–H and O–H groups in total. The van der Waals surface area contributed by atoms with Crippen molar-refractivity contribution in [3.05, 3.63) is 23.9 Å². The molecule has 2 amide bonds. The maximum atomic E-state index is 13.0. The smallest absolute Gasteiger partial charge is 0.237 e. The molecule has 0 aromatic carbocycles. The van der Waals surface area contributed by atoms with Crippen molar-refractivity contribution >= 4 is 17.6 Å². The van der Waals surface area contributed by atoms with Crippen LogP contribution in [-0.2, 0) is 9.59 Å². The molecule has 3 aliphatic rings. The maximum Gasteiger partial charge on any atom is 0.237 e. The van der Waals surface area contributed by atoms with Crippen molar-refractivity contribution in [1.29, 1.82) is 5.26 Å². The molecule has 0 unspecified atom stereocenters. The van der Waals surface area contributed by atoms with Crippen molar-refractivity contribution in [2.75, 3.05) is 37.7 Å². The number of likely N-dealkylation sites (tertiary alicyclic amines) is 1. The number of anilines is 1. The number of nitriles is 1. The van der Waals surface area contributed by atoms with Crippen LogP contribution in [0.2, 0.25) is 0 Å². The summed E-state index contributed by atoms with van der Waals surface area (Å²) in [5.41, 5.74) is 0.201. The van der Waals surface area contributed by atoms with E-state index in [0.717, 1.165) is 57.7 Å². The molecule has 0 atom stereocenters. The first-order chi connectivity index (χ1) is 13.1. The van der Waals surface area contributed by atoms with E-state index < -0.39 is 5.41 Å². The van der Waals surface area contributed by atoms with Crippen LogP contribution in [0, 0.1) is 16.7 Å². The molecule has 1 aliphatic carbocycles. The first-order valence-corrected chi connectivity index (χ1v) is 9.80. The SMILES string of the molecule is N#Cc1ccnc(N2CCN(CN3C(=O)CC4(CCCCC4)C3=O)CC2)c1. The van der Waals surface area contributed by atoms with E-state index in [1.165, 1.54) is 11.3 Å². The second-order valence-corrected chi connectivity index (χ2v) is 7.91. The fourth-order valence-electron chi connectivity index (χ4n) is 4.60. The lowest BCUT2D eigenvalue weighted by molar-refractivity contribution is -0.144. The molecule has 1 aromatic heterocycles. The third-order valence-electron chi connectivity index (χ3n) is 6.21. The van der Waals surface area contributed by atoms with E-state index in [1.54, 1.807) is 18.3 Å². The number of carbonyl (C=O) groups is 2.